The van der Waals surface area contributed by atoms with Gasteiger partial charge in [-0.2, -0.15) is 0 Å². The molecule has 1 heterocycles. The third-order valence-corrected chi connectivity index (χ3v) is 2.47. The first-order valence-electron chi connectivity index (χ1n) is 4.96. The van der Waals surface area contributed by atoms with Crippen LogP contribution in [0, 0.1) is 0 Å². The fourth-order valence-electron chi connectivity index (χ4n) is 1.79. The molecule has 2 rings (SSSR count). The second kappa shape index (κ2) is 3.81. The first kappa shape index (κ1) is 9.83. The maximum absolute atomic E-state index is 10.8. The van der Waals surface area contributed by atoms with E-state index in [2.05, 4.69) is 5.32 Å². The second-order valence-corrected chi connectivity index (χ2v) is 3.45. The summed E-state index contributed by atoms with van der Waals surface area (Å²) in [6, 6.07) is 5.08. The number of hydrogen-bond donors (Lipinski definition) is 2. The minimum Gasteiger partial charge on any atom is -0.494 e. The van der Waals surface area contributed by atoms with Crippen LogP contribution in [0.5, 0.6) is 5.75 Å². The Kier molecular flexibility index (Phi) is 2.49. The maximum Gasteiger partial charge on any atom is 0.326 e. The predicted octanol–water partition coefficient (Wildman–Crippen LogP) is 1.51. The molecule has 1 aromatic rings. The molecule has 4 heteroatoms. The van der Waals surface area contributed by atoms with E-state index in [1.54, 1.807) is 0 Å². The summed E-state index contributed by atoms with van der Waals surface area (Å²) in [6.07, 6.45) is 0.487. The molecule has 0 spiro atoms. The number of hydrogen-bond acceptors (Lipinski definition) is 3. The quantitative estimate of drug-likeness (QED) is 0.788. The van der Waals surface area contributed by atoms with Gasteiger partial charge in [-0.1, -0.05) is 6.07 Å². The molecule has 0 amide bonds. The molecule has 0 saturated carbocycles. The minimum atomic E-state index is -0.825. The fraction of sp³-hybridized carbons (Fsp3) is 0.364. The number of carbonyl (C=O) groups is 1. The molecule has 4 nitrogen and oxygen atoms in total. The summed E-state index contributed by atoms with van der Waals surface area (Å²) in [7, 11) is 0. The van der Waals surface area contributed by atoms with Gasteiger partial charge in [0.1, 0.15) is 11.8 Å². The molecule has 0 aromatic heterocycles. The molecular formula is C11H13NO3. The molecule has 2 N–H and O–H groups in total. The van der Waals surface area contributed by atoms with E-state index in [-0.39, 0.29) is 0 Å². The summed E-state index contributed by atoms with van der Waals surface area (Å²) in [6.45, 7) is 2.50. The number of carboxylic acid groups (broad SMARTS) is 1. The minimum absolute atomic E-state index is 0.487. The Morgan fingerprint density at radius 2 is 2.47 bits per heavy atom. The highest BCUT2D eigenvalue weighted by molar-refractivity contribution is 5.82. The summed E-state index contributed by atoms with van der Waals surface area (Å²) in [5.41, 5.74) is 1.83. The van der Waals surface area contributed by atoms with Gasteiger partial charge in [0.2, 0.25) is 0 Å². The lowest BCUT2D eigenvalue weighted by Crippen LogP contribution is -2.26. The van der Waals surface area contributed by atoms with E-state index in [0.717, 1.165) is 17.0 Å². The number of nitrogens with one attached hydrogen (secondary N) is 1. The highest BCUT2D eigenvalue weighted by Gasteiger charge is 2.28. The zero-order chi connectivity index (χ0) is 10.8. The summed E-state index contributed by atoms with van der Waals surface area (Å²) in [5.74, 6) is -0.0418. The number of anilines is 1. The van der Waals surface area contributed by atoms with Gasteiger partial charge in [0, 0.05) is 17.7 Å². The Balaban J connectivity index is 2.28. The van der Waals surface area contributed by atoms with Gasteiger partial charge in [-0.3, -0.25) is 0 Å². The summed E-state index contributed by atoms with van der Waals surface area (Å²) in [5, 5.41) is 11.9. The third kappa shape index (κ3) is 1.75. The van der Waals surface area contributed by atoms with Crippen molar-refractivity contribution in [2.24, 2.45) is 0 Å². The van der Waals surface area contributed by atoms with Crippen LogP contribution >= 0.6 is 0 Å². The number of aliphatic carboxylic acids is 1. The Hall–Kier alpha value is -1.71. The molecule has 1 atom stereocenters. The first-order chi connectivity index (χ1) is 7.22. The molecule has 0 fully saturated rings. The largest absolute Gasteiger partial charge is 0.494 e. The van der Waals surface area contributed by atoms with Crippen LogP contribution in [0.4, 0.5) is 5.69 Å². The van der Waals surface area contributed by atoms with Crippen molar-refractivity contribution in [2.45, 2.75) is 19.4 Å². The van der Waals surface area contributed by atoms with E-state index in [1.807, 2.05) is 25.1 Å². The topological polar surface area (TPSA) is 58.6 Å². The summed E-state index contributed by atoms with van der Waals surface area (Å²) < 4.78 is 5.44. The Morgan fingerprint density at radius 3 is 3.13 bits per heavy atom. The molecule has 0 aliphatic carbocycles. The SMILES string of the molecule is CCOc1cccc2c1C[C@H](C(=O)O)N2. The van der Waals surface area contributed by atoms with Gasteiger partial charge in [-0.05, 0) is 19.1 Å². The van der Waals surface area contributed by atoms with Crippen LogP contribution in [0.25, 0.3) is 0 Å². The smallest absolute Gasteiger partial charge is 0.326 e. The van der Waals surface area contributed by atoms with Crippen molar-refractivity contribution in [3.05, 3.63) is 23.8 Å². The molecule has 1 aliphatic rings. The second-order valence-electron chi connectivity index (χ2n) is 3.45. The van der Waals surface area contributed by atoms with Gasteiger partial charge < -0.3 is 15.2 Å². The van der Waals surface area contributed by atoms with Gasteiger partial charge in [0.25, 0.3) is 0 Å². The first-order valence-corrected chi connectivity index (χ1v) is 4.96. The van der Waals surface area contributed by atoms with Crippen molar-refractivity contribution in [2.75, 3.05) is 11.9 Å². The zero-order valence-corrected chi connectivity index (χ0v) is 8.49. The van der Waals surface area contributed by atoms with Gasteiger partial charge in [0.05, 0.1) is 6.61 Å². The fourth-order valence-corrected chi connectivity index (χ4v) is 1.79. The Labute approximate surface area is 87.9 Å². The standard InChI is InChI=1S/C11H13NO3/c1-2-15-10-5-3-4-8-7(10)6-9(12-8)11(13)14/h3-5,9,12H,2,6H2,1H3,(H,13,14)/t9-/m1/s1. The molecule has 80 valence electrons. The Morgan fingerprint density at radius 1 is 1.67 bits per heavy atom. The van der Waals surface area contributed by atoms with Crippen LogP contribution in [0.2, 0.25) is 0 Å². The average Bonchev–Trinajstić information content (AvgIpc) is 2.63. The summed E-state index contributed by atoms with van der Waals surface area (Å²) in [4.78, 5) is 10.8. The van der Waals surface area contributed by atoms with Crippen molar-refractivity contribution >= 4 is 11.7 Å². The van der Waals surface area contributed by atoms with Crippen LogP contribution in [0.3, 0.4) is 0 Å². The number of rotatable bonds is 3. The highest BCUT2D eigenvalue weighted by atomic mass is 16.5. The molecule has 0 radical (unpaired) electrons. The molecular weight excluding hydrogens is 194 g/mol. The van der Waals surface area contributed by atoms with Gasteiger partial charge in [0.15, 0.2) is 0 Å². The monoisotopic (exact) mass is 207 g/mol. The zero-order valence-electron chi connectivity index (χ0n) is 8.49. The molecule has 0 unspecified atom stereocenters. The number of carboxylic acids is 1. The Bertz CT molecular complexity index is 389. The van der Waals surface area contributed by atoms with Crippen LogP contribution in [-0.4, -0.2) is 23.7 Å². The molecule has 15 heavy (non-hydrogen) atoms. The predicted molar refractivity (Wildman–Crippen MR) is 56.4 cm³/mol. The van der Waals surface area contributed by atoms with E-state index >= 15 is 0 Å². The average molecular weight is 207 g/mol. The number of ether oxygens (including phenoxy) is 1. The van der Waals surface area contributed by atoms with Gasteiger partial charge in [-0.25, -0.2) is 4.79 Å². The van der Waals surface area contributed by atoms with Crippen molar-refractivity contribution < 1.29 is 14.6 Å². The molecule has 1 aliphatic heterocycles. The van der Waals surface area contributed by atoms with E-state index in [1.165, 1.54) is 0 Å². The molecule has 0 saturated heterocycles. The lowest BCUT2D eigenvalue weighted by molar-refractivity contribution is -0.137. The van der Waals surface area contributed by atoms with E-state index in [0.29, 0.717) is 13.0 Å². The van der Waals surface area contributed by atoms with E-state index < -0.39 is 12.0 Å². The van der Waals surface area contributed by atoms with Crippen LogP contribution in [0.1, 0.15) is 12.5 Å². The van der Waals surface area contributed by atoms with Gasteiger partial charge >= 0.3 is 5.97 Å². The maximum atomic E-state index is 10.8. The van der Waals surface area contributed by atoms with E-state index in [9.17, 15) is 4.79 Å². The van der Waals surface area contributed by atoms with Crippen LogP contribution < -0.4 is 10.1 Å². The van der Waals surface area contributed by atoms with Gasteiger partial charge in [-0.15, -0.1) is 0 Å². The van der Waals surface area contributed by atoms with E-state index in [4.69, 9.17) is 9.84 Å². The van der Waals surface area contributed by atoms with Crippen LogP contribution in [0.15, 0.2) is 18.2 Å². The molecule has 1 aromatic carbocycles. The highest BCUT2D eigenvalue weighted by Crippen LogP contribution is 2.33. The molecule has 0 bridgehead atoms. The lowest BCUT2D eigenvalue weighted by atomic mass is 10.1. The van der Waals surface area contributed by atoms with Crippen molar-refractivity contribution in [1.29, 1.82) is 0 Å². The lowest BCUT2D eigenvalue weighted by Gasteiger charge is -2.07. The van der Waals surface area contributed by atoms with Crippen molar-refractivity contribution in [3.8, 4) is 5.75 Å². The van der Waals surface area contributed by atoms with Crippen LogP contribution in [-0.2, 0) is 11.2 Å². The number of fused-ring (bicyclic) bond motifs is 1. The normalized spacial score (nSPS) is 18.1. The van der Waals surface area contributed by atoms with Crippen molar-refractivity contribution in [3.63, 3.8) is 0 Å². The number of benzene rings is 1. The van der Waals surface area contributed by atoms with Crippen molar-refractivity contribution in [1.82, 2.24) is 0 Å². The summed E-state index contributed by atoms with van der Waals surface area (Å²) >= 11 is 0. The third-order valence-electron chi connectivity index (χ3n) is 2.47.